The van der Waals surface area contributed by atoms with Gasteiger partial charge in [0.05, 0.1) is 0 Å². The number of ether oxygens (including phenoxy) is 1. The molecule has 3 rings (SSSR count). The van der Waals surface area contributed by atoms with Gasteiger partial charge >= 0.3 is 0 Å². The molecule has 0 saturated carbocycles. The first kappa shape index (κ1) is 8.98. The predicted octanol–water partition coefficient (Wildman–Crippen LogP) is 3.61. The minimum Gasteiger partial charge on any atom is -0.482 e. The summed E-state index contributed by atoms with van der Waals surface area (Å²) in [4.78, 5) is 0. The number of benzene rings is 1. The lowest BCUT2D eigenvalue weighted by Crippen LogP contribution is -2.19. The van der Waals surface area contributed by atoms with E-state index in [9.17, 15) is 4.39 Å². The third kappa shape index (κ3) is 1.29. The van der Waals surface area contributed by atoms with Crippen LogP contribution in [0.2, 0.25) is 5.02 Å². The van der Waals surface area contributed by atoms with Crippen LogP contribution >= 0.6 is 11.6 Å². The molecule has 1 aliphatic carbocycles. The zero-order valence-corrected chi connectivity index (χ0v) is 8.54. The van der Waals surface area contributed by atoms with Crippen LogP contribution in [0, 0.1) is 0 Å². The van der Waals surface area contributed by atoms with E-state index < -0.39 is 6.10 Å². The van der Waals surface area contributed by atoms with E-state index >= 15 is 0 Å². The smallest absolute Gasteiger partial charge is 0.160 e. The molecule has 3 heteroatoms. The zero-order chi connectivity index (χ0) is 10.4. The van der Waals surface area contributed by atoms with Crippen molar-refractivity contribution in [1.29, 1.82) is 0 Å². The third-order valence-electron chi connectivity index (χ3n) is 2.76. The van der Waals surface area contributed by atoms with E-state index in [2.05, 4.69) is 0 Å². The quantitative estimate of drug-likeness (QED) is 0.652. The highest BCUT2D eigenvalue weighted by atomic mass is 35.5. The van der Waals surface area contributed by atoms with Crippen LogP contribution in [-0.4, -0.2) is 6.10 Å². The average Bonchev–Trinajstić information content (AvgIpc) is 2.57. The van der Waals surface area contributed by atoms with Crippen LogP contribution < -0.4 is 4.74 Å². The van der Waals surface area contributed by atoms with Crippen LogP contribution in [0.3, 0.4) is 0 Å². The molecule has 0 N–H and O–H groups in total. The summed E-state index contributed by atoms with van der Waals surface area (Å²) in [6, 6.07) is 5.43. The minimum absolute atomic E-state index is 0.0118. The number of halogens is 2. The Morgan fingerprint density at radius 1 is 1.33 bits per heavy atom. The van der Waals surface area contributed by atoms with E-state index in [1.54, 1.807) is 18.2 Å². The molecule has 0 aromatic heterocycles. The Morgan fingerprint density at radius 2 is 2.20 bits per heavy atom. The first-order valence-electron chi connectivity index (χ1n) is 4.76. The van der Waals surface area contributed by atoms with Crippen molar-refractivity contribution in [1.82, 2.24) is 0 Å². The molecule has 2 atom stereocenters. The molecule has 0 amide bonds. The topological polar surface area (TPSA) is 9.23 Å². The molecule has 1 heterocycles. The van der Waals surface area contributed by atoms with Crippen molar-refractivity contribution in [3.8, 4) is 5.75 Å². The molecule has 0 radical (unpaired) electrons. The fourth-order valence-corrected chi connectivity index (χ4v) is 2.22. The molecule has 2 aliphatic rings. The van der Waals surface area contributed by atoms with Gasteiger partial charge in [-0.05, 0) is 18.2 Å². The Morgan fingerprint density at radius 3 is 3.07 bits per heavy atom. The lowest BCUT2D eigenvalue weighted by atomic mass is 9.91. The normalized spacial score (nSPS) is 26.7. The highest BCUT2D eigenvalue weighted by Gasteiger charge is 2.36. The summed E-state index contributed by atoms with van der Waals surface area (Å²) in [6.07, 6.45) is 4.62. The maximum absolute atomic E-state index is 13.5. The number of rotatable bonds is 0. The number of fused-ring (bicyclic) bond motifs is 3. The van der Waals surface area contributed by atoms with Crippen LogP contribution in [0.15, 0.2) is 42.3 Å². The average molecular weight is 223 g/mol. The van der Waals surface area contributed by atoms with E-state index in [0.717, 1.165) is 5.56 Å². The van der Waals surface area contributed by atoms with Gasteiger partial charge in [-0.2, -0.15) is 0 Å². The first-order chi connectivity index (χ1) is 7.25. The largest absolute Gasteiger partial charge is 0.482 e. The minimum atomic E-state index is -0.497. The number of hydrogen-bond donors (Lipinski definition) is 0. The van der Waals surface area contributed by atoms with Crippen molar-refractivity contribution in [3.05, 3.63) is 52.8 Å². The van der Waals surface area contributed by atoms with Crippen molar-refractivity contribution in [2.24, 2.45) is 0 Å². The van der Waals surface area contributed by atoms with Crippen molar-refractivity contribution in [2.75, 3.05) is 0 Å². The van der Waals surface area contributed by atoms with Crippen molar-refractivity contribution < 1.29 is 9.13 Å². The van der Waals surface area contributed by atoms with E-state index in [0.29, 0.717) is 10.8 Å². The van der Waals surface area contributed by atoms with Gasteiger partial charge < -0.3 is 4.74 Å². The van der Waals surface area contributed by atoms with Gasteiger partial charge in [0.1, 0.15) is 11.6 Å². The molecule has 0 bridgehead atoms. The summed E-state index contributed by atoms with van der Waals surface area (Å²) in [6.45, 7) is 0. The second-order valence-electron chi connectivity index (χ2n) is 3.68. The summed E-state index contributed by atoms with van der Waals surface area (Å²) < 4.78 is 19.0. The molecule has 76 valence electrons. The lowest BCUT2D eigenvalue weighted by molar-refractivity contribution is 0.223. The Balaban J connectivity index is 2.10. The van der Waals surface area contributed by atoms with Gasteiger partial charge in [-0.25, -0.2) is 4.39 Å². The van der Waals surface area contributed by atoms with Crippen LogP contribution in [0.25, 0.3) is 0 Å². The Kier molecular flexibility index (Phi) is 1.86. The van der Waals surface area contributed by atoms with Crippen LogP contribution in [0.5, 0.6) is 5.75 Å². The van der Waals surface area contributed by atoms with Crippen molar-refractivity contribution in [3.63, 3.8) is 0 Å². The van der Waals surface area contributed by atoms with E-state index in [-0.39, 0.29) is 11.7 Å². The van der Waals surface area contributed by atoms with E-state index in [1.807, 2.05) is 12.1 Å². The Bertz CT molecular complexity index is 479. The highest BCUT2D eigenvalue weighted by Crippen LogP contribution is 2.44. The van der Waals surface area contributed by atoms with Crippen LogP contribution in [0.1, 0.15) is 11.5 Å². The van der Waals surface area contributed by atoms with Gasteiger partial charge in [0, 0.05) is 16.5 Å². The molecule has 0 fully saturated rings. The van der Waals surface area contributed by atoms with Crippen LogP contribution in [-0.2, 0) is 0 Å². The molecule has 15 heavy (non-hydrogen) atoms. The zero-order valence-electron chi connectivity index (χ0n) is 7.78. The van der Waals surface area contributed by atoms with Gasteiger partial charge in [0.25, 0.3) is 0 Å². The number of hydrogen-bond acceptors (Lipinski definition) is 1. The highest BCUT2D eigenvalue weighted by molar-refractivity contribution is 6.30. The summed E-state index contributed by atoms with van der Waals surface area (Å²) in [5, 5.41) is 0.612. The molecule has 0 saturated heterocycles. The summed E-state index contributed by atoms with van der Waals surface area (Å²) in [5.74, 6) is 0.449. The van der Waals surface area contributed by atoms with E-state index in [1.165, 1.54) is 6.08 Å². The van der Waals surface area contributed by atoms with Gasteiger partial charge in [-0.3, -0.25) is 0 Å². The first-order valence-corrected chi connectivity index (χ1v) is 5.13. The molecule has 1 aliphatic heterocycles. The molecule has 1 nitrogen and oxygen atoms in total. The SMILES string of the molecule is FC1=CC=CC2c3ccc(Cl)cc3OC12. The monoisotopic (exact) mass is 222 g/mol. The van der Waals surface area contributed by atoms with Gasteiger partial charge in [0.2, 0.25) is 0 Å². The standard InChI is InChI=1S/C12H8ClFO/c13-7-4-5-8-9-2-1-3-10(14)12(9)15-11(8)6-7/h1-6,9,12H. The maximum atomic E-state index is 13.5. The fourth-order valence-electron chi connectivity index (χ4n) is 2.05. The summed E-state index contributed by atoms with van der Waals surface area (Å²) >= 11 is 5.85. The van der Waals surface area contributed by atoms with Gasteiger partial charge in [-0.15, -0.1) is 0 Å². The van der Waals surface area contributed by atoms with Gasteiger partial charge in [0.15, 0.2) is 6.10 Å². The Labute approximate surface area is 91.8 Å². The molecule has 0 spiro atoms. The molecular formula is C12H8ClFO. The molecule has 1 aromatic rings. The van der Waals surface area contributed by atoms with Gasteiger partial charge in [-0.1, -0.05) is 29.8 Å². The fraction of sp³-hybridized carbons (Fsp3) is 0.167. The predicted molar refractivity (Wildman–Crippen MR) is 56.9 cm³/mol. The lowest BCUT2D eigenvalue weighted by Gasteiger charge is -2.16. The third-order valence-corrected chi connectivity index (χ3v) is 3.00. The van der Waals surface area contributed by atoms with E-state index in [4.69, 9.17) is 16.3 Å². The van der Waals surface area contributed by atoms with Crippen molar-refractivity contribution in [2.45, 2.75) is 12.0 Å². The number of allylic oxidation sites excluding steroid dienone is 2. The molecule has 2 unspecified atom stereocenters. The second kappa shape index (κ2) is 3.11. The van der Waals surface area contributed by atoms with Crippen molar-refractivity contribution >= 4 is 11.6 Å². The Hall–Kier alpha value is -1.28. The van der Waals surface area contributed by atoms with Crippen LogP contribution in [0.4, 0.5) is 4.39 Å². The summed E-state index contributed by atoms with van der Waals surface area (Å²) in [5.41, 5.74) is 1.00. The second-order valence-corrected chi connectivity index (χ2v) is 4.12. The maximum Gasteiger partial charge on any atom is 0.160 e. The summed E-state index contributed by atoms with van der Waals surface area (Å²) in [7, 11) is 0. The molecular weight excluding hydrogens is 215 g/mol. The molecule has 1 aromatic carbocycles.